The normalized spacial score (nSPS) is 11.2. The molecule has 0 saturated carbocycles. The summed E-state index contributed by atoms with van der Waals surface area (Å²) < 4.78 is 25.3. The van der Waals surface area contributed by atoms with Crippen molar-refractivity contribution >= 4 is 38.9 Å². The zero-order valence-corrected chi connectivity index (χ0v) is 16.0. The number of nitrogens with one attached hydrogen (secondary N) is 1. The van der Waals surface area contributed by atoms with Crippen molar-refractivity contribution in [2.75, 3.05) is 22.4 Å². The lowest BCUT2D eigenvalue weighted by Crippen LogP contribution is -2.33. The Hall–Kier alpha value is -2.05. The van der Waals surface area contributed by atoms with Crippen LogP contribution in [0.25, 0.3) is 0 Å². The first kappa shape index (κ1) is 19.3. The maximum atomic E-state index is 12.1. The Labute approximate surface area is 153 Å². The average molecular weight is 381 g/mol. The Morgan fingerprint density at radius 2 is 1.76 bits per heavy atom. The zero-order chi connectivity index (χ0) is 18.6. The fourth-order valence-corrected chi connectivity index (χ4v) is 3.40. The van der Waals surface area contributed by atoms with Crippen LogP contribution in [0.5, 0.6) is 0 Å². The van der Waals surface area contributed by atoms with Gasteiger partial charge in [-0.1, -0.05) is 35.4 Å². The Kier molecular flexibility index (Phi) is 6.08. The number of hydrogen-bond acceptors (Lipinski definition) is 3. The molecule has 2 aromatic carbocycles. The minimum absolute atomic E-state index is 0.0342. The predicted molar refractivity (Wildman–Crippen MR) is 103 cm³/mol. The monoisotopic (exact) mass is 380 g/mol. The third kappa shape index (κ3) is 5.47. The molecule has 0 aliphatic heterocycles. The Balaban J connectivity index is 2.06. The van der Waals surface area contributed by atoms with Crippen LogP contribution in [0.4, 0.5) is 11.4 Å². The molecule has 134 valence electrons. The summed E-state index contributed by atoms with van der Waals surface area (Å²) in [7, 11) is -3.48. The van der Waals surface area contributed by atoms with E-state index in [0.29, 0.717) is 16.4 Å². The Bertz CT molecular complexity index is 864. The molecular formula is C18H21ClN2O3S. The van der Waals surface area contributed by atoms with Crippen LogP contribution in [-0.4, -0.2) is 27.1 Å². The predicted octanol–water partition coefficient (Wildman–Crippen LogP) is 3.75. The molecule has 0 bridgehead atoms. The highest BCUT2D eigenvalue weighted by Crippen LogP contribution is 2.21. The molecule has 0 saturated heterocycles. The molecule has 7 heteroatoms. The van der Waals surface area contributed by atoms with Gasteiger partial charge in [0.15, 0.2) is 0 Å². The SMILES string of the molecule is Cc1ccc(N(CCC(=O)Nc2ccc(C)c(Cl)c2)S(C)(=O)=O)cc1. The second kappa shape index (κ2) is 7.89. The molecule has 1 N–H and O–H groups in total. The fraction of sp³-hybridized carbons (Fsp3) is 0.278. The number of carbonyl (C=O) groups is 1. The largest absolute Gasteiger partial charge is 0.326 e. The van der Waals surface area contributed by atoms with Gasteiger partial charge in [-0.05, 0) is 43.7 Å². The standard InChI is InChI=1S/C18H21ClN2O3S/c1-13-4-8-16(9-5-13)21(25(3,23)24)11-10-18(22)20-15-7-6-14(2)17(19)12-15/h4-9,12H,10-11H2,1-3H3,(H,20,22). The molecule has 1 amide bonds. The van der Waals surface area contributed by atoms with E-state index in [1.165, 1.54) is 4.31 Å². The number of anilines is 2. The van der Waals surface area contributed by atoms with Gasteiger partial charge in [0.2, 0.25) is 15.9 Å². The van der Waals surface area contributed by atoms with Crippen LogP contribution in [0, 0.1) is 13.8 Å². The number of carbonyl (C=O) groups excluding carboxylic acids is 1. The molecule has 0 fully saturated rings. The van der Waals surface area contributed by atoms with Crippen LogP contribution >= 0.6 is 11.6 Å². The van der Waals surface area contributed by atoms with Crippen LogP contribution in [-0.2, 0) is 14.8 Å². The van der Waals surface area contributed by atoms with Crippen molar-refractivity contribution < 1.29 is 13.2 Å². The van der Waals surface area contributed by atoms with E-state index >= 15 is 0 Å². The number of rotatable bonds is 6. The third-order valence-corrected chi connectivity index (χ3v) is 5.32. The minimum Gasteiger partial charge on any atom is -0.326 e. The zero-order valence-electron chi connectivity index (χ0n) is 14.4. The third-order valence-electron chi connectivity index (χ3n) is 3.72. The molecule has 0 heterocycles. The summed E-state index contributed by atoms with van der Waals surface area (Å²) in [6.07, 6.45) is 1.16. The van der Waals surface area contributed by atoms with E-state index in [-0.39, 0.29) is 18.9 Å². The highest BCUT2D eigenvalue weighted by molar-refractivity contribution is 7.92. The lowest BCUT2D eigenvalue weighted by Gasteiger charge is -2.22. The first-order chi connectivity index (χ1) is 11.7. The van der Waals surface area contributed by atoms with Gasteiger partial charge in [0, 0.05) is 23.7 Å². The number of amides is 1. The van der Waals surface area contributed by atoms with Crippen molar-refractivity contribution in [3.05, 3.63) is 58.6 Å². The lowest BCUT2D eigenvalue weighted by atomic mass is 10.2. The summed E-state index contributed by atoms with van der Waals surface area (Å²) in [6, 6.07) is 12.4. The smallest absolute Gasteiger partial charge is 0.232 e. The maximum Gasteiger partial charge on any atom is 0.232 e. The van der Waals surface area contributed by atoms with E-state index in [0.717, 1.165) is 17.4 Å². The van der Waals surface area contributed by atoms with Gasteiger partial charge in [-0.15, -0.1) is 0 Å². The van der Waals surface area contributed by atoms with Crippen LogP contribution in [0.3, 0.4) is 0 Å². The topological polar surface area (TPSA) is 66.5 Å². The fourth-order valence-electron chi connectivity index (χ4n) is 2.29. The minimum atomic E-state index is -3.48. The molecule has 0 aliphatic rings. The number of halogens is 1. The van der Waals surface area contributed by atoms with Gasteiger partial charge < -0.3 is 5.32 Å². The summed E-state index contributed by atoms with van der Waals surface area (Å²) in [5.41, 5.74) is 3.08. The van der Waals surface area contributed by atoms with Crippen LogP contribution in [0.15, 0.2) is 42.5 Å². The second-order valence-electron chi connectivity index (χ2n) is 5.93. The van der Waals surface area contributed by atoms with Gasteiger partial charge in [-0.25, -0.2) is 8.42 Å². The summed E-state index contributed by atoms with van der Waals surface area (Å²) in [6.45, 7) is 3.86. The van der Waals surface area contributed by atoms with Crippen molar-refractivity contribution in [2.24, 2.45) is 0 Å². The molecule has 5 nitrogen and oxygen atoms in total. The first-order valence-electron chi connectivity index (χ1n) is 7.77. The van der Waals surface area contributed by atoms with Crippen molar-refractivity contribution in [2.45, 2.75) is 20.3 Å². The Morgan fingerprint density at radius 1 is 1.12 bits per heavy atom. The summed E-state index contributed by atoms with van der Waals surface area (Å²) in [5, 5.41) is 3.30. The first-order valence-corrected chi connectivity index (χ1v) is 10.00. The molecule has 0 spiro atoms. The van der Waals surface area contributed by atoms with E-state index in [1.54, 1.807) is 24.3 Å². The van der Waals surface area contributed by atoms with Gasteiger partial charge in [0.05, 0.1) is 11.9 Å². The number of hydrogen-bond donors (Lipinski definition) is 1. The van der Waals surface area contributed by atoms with Crippen LogP contribution in [0.2, 0.25) is 5.02 Å². The van der Waals surface area contributed by atoms with Gasteiger partial charge in [-0.2, -0.15) is 0 Å². The highest BCUT2D eigenvalue weighted by Gasteiger charge is 2.18. The molecule has 0 radical (unpaired) electrons. The number of aryl methyl sites for hydroxylation is 2. The van der Waals surface area contributed by atoms with Gasteiger partial charge in [-0.3, -0.25) is 9.10 Å². The number of nitrogens with zero attached hydrogens (tertiary/aromatic N) is 1. The lowest BCUT2D eigenvalue weighted by molar-refractivity contribution is -0.116. The van der Waals surface area contributed by atoms with Crippen molar-refractivity contribution in [1.82, 2.24) is 0 Å². The van der Waals surface area contributed by atoms with E-state index in [9.17, 15) is 13.2 Å². The van der Waals surface area contributed by atoms with Gasteiger partial charge in [0.1, 0.15) is 0 Å². The van der Waals surface area contributed by atoms with Crippen molar-refractivity contribution in [3.8, 4) is 0 Å². The van der Waals surface area contributed by atoms with Crippen LogP contribution in [0.1, 0.15) is 17.5 Å². The molecule has 0 aromatic heterocycles. The summed E-state index contributed by atoms with van der Waals surface area (Å²) in [4.78, 5) is 12.1. The van der Waals surface area contributed by atoms with E-state index < -0.39 is 10.0 Å². The van der Waals surface area contributed by atoms with Gasteiger partial charge >= 0.3 is 0 Å². The average Bonchev–Trinajstić information content (AvgIpc) is 2.51. The maximum absolute atomic E-state index is 12.1. The van der Waals surface area contributed by atoms with Crippen molar-refractivity contribution in [3.63, 3.8) is 0 Å². The molecule has 25 heavy (non-hydrogen) atoms. The highest BCUT2D eigenvalue weighted by atomic mass is 35.5. The van der Waals surface area contributed by atoms with E-state index in [4.69, 9.17) is 11.6 Å². The second-order valence-corrected chi connectivity index (χ2v) is 8.25. The molecule has 0 aliphatic carbocycles. The molecule has 0 unspecified atom stereocenters. The number of sulfonamides is 1. The Morgan fingerprint density at radius 3 is 2.32 bits per heavy atom. The summed E-state index contributed by atoms with van der Waals surface area (Å²) >= 11 is 6.04. The summed E-state index contributed by atoms with van der Waals surface area (Å²) in [5.74, 6) is -0.277. The molecule has 0 atom stereocenters. The van der Waals surface area contributed by atoms with Gasteiger partial charge in [0.25, 0.3) is 0 Å². The molecule has 2 rings (SSSR count). The van der Waals surface area contributed by atoms with Crippen LogP contribution < -0.4 is 9.62 Å². The molecule has 2 aromatic rings. The quantitative estimate of drug-likeness (QED) is 0.829. The van der Waals surface area contributed by atoms with Crippen molar-refractivity contribution in [1.29, 1.82) is 0 Å². The number of benzene rings is 2. The molecular weight excluding hydrogens is 360 g/mol. The van der Waals surface area contributed by atoms with E-state index in [2.05, 4.69) is 5.32 Å². The van der Waals surface area contributed by atoms with E-state index in [1.807, 2.05) is 32.0 Å².